The van der Waals surface area contributed by atoms with Crippen molar-refractivity contribution in [2.45, 2.75) is 25.2 Å². The number of nitrogens with one attached hydrogen (secondary N) is 1. The maximum Gasteiger partial charge on any atom is 0.135 e. The molecule has 0 aliphatic carbocycles. The van der Waals surface area contributed by atoms with Crippen molar-refractivity contribution >= 4 is 0 Å². The van der Waals surface area contributed by atoms with Crippen LogP contribution in [0.5, 0.6) is 0 Å². The second-order valence-corrected chi connectivity index (χ2v) is 5.55. The van der Waals surface area contributed by atoms with Crippen LogP contribution in [-0.2, 0) is 17.9 Å². The van der Waals surface area contributed by atoms with Crippen LogP contribution in [0.15, 0.2) is 30.5 Å². The zero-order valence-corrected chi connectivity index (χ0v) is 11.1. The van der Waals surface area contributed by atoms with Gasteiger partial charge in [-0.25, -0.2) is 9.37 Å². The van der Waals surface area contributed by atoms with Gasteiger partial charge in [0.05, 0.1) is 18.4 Å². The molecule has 0 amide bonds. The Labute approximate surface area is 116 Å². The third kappa shape index (κ3) is 1.85. The number of benzene rings is 1. The van der Waals surface area contributed by atoms with E-state index in [0.29, 0.717) is 6.61 Å². The molecule has 4 nitrogen and oxygen atoms in total. The predicted octanol–water partition coefficient (Wildman–Crippen LogP) is 1.95. The van der Waals surface area contributed by atoms with Crippen LogP contribution in [0, 0.1) is 5.82 Å². The van der Waals surface area contributed by atoms with Gasteiger partial charge in [-0.2, -0.15) is 0 Å². The molecule has 0 bridgehead atoms. The van der Waals surface area contributed by atoms with Gasteiger partial charge in [0.15, 0.2) is 0 Å². The number of hydrogen-bond donors (Lipinski definition) is 1. The molecule has 1 aromatic heterocycles. The summed E-state index contributed by atoms with van der Waals surface area (Å²) in [6.07, 6.45) is 2.88. The molecule has 4 rings (SSSR count). The summed E-state index contributed by atoms with van der Waals surface area (Å²) in [6.45, 7) is 3.23. The van der Waals surface area contributed by atoms with E-state index in [9.17, 15) is 4.39 Å². The van der Waals surface area contributed by atoms with Crippen molar-refractivity contribution in [1.29, 1.82) is 0 Å². The lowest BCUT2D eigenvalue weighted by Crippen LogP contribution is -2.43. The van der Waals surface area contributed by atoms with Gasteiger partial charge in [-0.05, 0) is 42.8 Å². The Kier molecular flexibility index (Phi) is 2.65. The molecule has 1 aromatic carbocycles. The van der Waals surface area contributed by atoms with Crippen molar-refractivity contribution in [3.8, 4) is 11.3 Å². The fourth-order valence-corrected chi connectivity index (χ4v) is 3.09. The highest BCUT2D eigenvalue weighted by molar-refractivity contribution is 5.59. The van der Waals surface area contributed by atoms with E-state index in [-0.39, 0.29) is 11.4 Å². The Morgan fingerprint density at radius 2 is 2.15 bits per heavy atom. The van der Waals surface area contributed by atoms with E-state index in [2.05, 4.69) is 14.9 Å². The van der Waals surface area contributed by atoms with Crippen LogP contribution in [-0.4, -0.2) is 28.2 Å². The lowest BCUT2D eigenvalue weighted by Gasteiger charge is -2.34. The largest absolute Gasteiger partial charge is 0.364 e. The summed E-state index contributed by atoms with van der Waals surface area (Å²) in [5.74, 6) is 0.730. The predicted molar refractivity (Wildman–Crippen MR) is 72.6 cm³/mol. The molecule has 5 heteroatoms. The monoisotopic (exact) mass is 273 g/mol. The van der Waals surface area contributed by atoms with Crippen molar-refractivity contribution in [2.24, 2.45) is 0 Å². The summed E-state index contributed by atoms with van der Waals surface area (Å²) in [5.41, 5.74) is 1.92. The molecule has 0 saturated carbocycles. The maximum atomic E-state index is 13.1. The van der Waals surface area contributed by atoms with Gasteiger partial charge in [0.2, 0.25) is 0 Å². The summed E-state index contributed by atoms with van der Waals surface area (Å²) in [4.78, 5) is 4.43. The lowest BCUT2D eigenvalue weighted by atomic mass is 10.0. The first-order valence-electron chi connectivity index (χ1n) is 6.91. The number of hydrogen-bond acceptors (Lipinski definition) is 3. The average molecular weight is 273 g/mol. The molecule has 1 N–H and O–H groups in total. The Morgan fingerprint density at radius 1 is 1.30 bits per heavy atom. The third-order valence-corrected chi connectivity index (χ3v) is 4.24. The fourth-order valence-electron chi connectivity index (χ4n) is 3.09. The molecule has 2 aromatic rings. The van der Waals surface area contributed by atoms with Crippen molar-refractivity contribution in [2.75, 3.05) is 13.1 Å². The van der Waals surface area contributed by atoms with Crippen LogP contribution in [0.25, 0.3) is 11.3 Å². The third-order valence-electron chi connectivity index (χ3n) is 4.24. The van der Waals surface area contributed by atoms with E-state index >= 15 is 0 Å². The maximum absolute atomic E-state index is 13.1. The Hall–Kier alpha value is -1.72. The molecule has 1 atom stereocenters. The standard InChI is InChI=1S/C15H16FN3O/c16-12-3-1-11(2-4-12)13-7-18-14-8-20-15(10-19(13)14)5-6-17-9-15/h1-4,7,17H,5-6,8-10H2/t15-/m1/s1. The fraction of sp³-hybridized carbons (Fsp3) is 0.400. The highest BCUT2D eigenvalue weighted by Crippen LogP contribution is 2.32. The van der Waals surface area contributed by atoms with Gasteiger partial charge in [0.25, 0.3) is 0 Å². The summed E-state index contributed by atoms with van der Waals surface area (Å²) in [5, 5.41) is 3.36. The topological polar surface area (TPSA) is 39.1 Å². The van der Waals surface area contributed by atoms with Crippen LogP contribution < -0.4 is 5.32 Å². The number of imidazole rings is 1. The van der Waals surface area contributed by atoms with Gasteiger partial charge < -0.3 is 14.6 Å². The molecule has 3 heterocycles. The molecule has 0 unspecified atom stereocenters. The first-order valence-corrected chi connectivity index (χ1v) is 6.91. The van der Waals surface area contributed by atoms with Crippen LogP contribution in [0.3, 0.4) is 0 Å². The van der Waals surface area contributed by atoms with Gasteiger partial charge in [0, 0.05) is 6.54 Å². The van der Waals surface area contributed by atoms with Crippen LogP contribution in [0.4, 0.5) is 4.39 Å². The quantitative estimate of drug-likeness (QED) is 0.863. The van der Waals surface area contributed by atoms with Crippen molar-refractivity contribution in [3.05, 3.63) is 42.1 Å². The first kappa shape index (κ1) is 12.1. The normalized spacial score (nSPS) is 25.1. The number of rotatable bonds is 1. The molecule has 104 valence electrons. The molecule has 2 aliphatic heterocycles. The van der Waals surface area contributed by atoms with Gasteiger partial charge >= 0.3 is 0 Å². The number of nitrogens with zero attached hydrogens (tertiary/aromatic N) is 2. The molecule has 1 spiro atoms. The molecule has 1 fully saturated rings. The van der Waals surface area contributed by atoms with Crippen molar-refractivity contribution in [1.82, 2.24) is 14.9 Å². The number of halogens is 1. The van der Waals surface area contributed by atoms with Crippen LogP contribution in [0.2, 0.25) is 0 Å². The molecular formula is C15H16FN3O. The van der Waals surface area contributed by atoms with Crippen LogP contribution >= 0.6 is 0 Å². The highest BCUT2D eigenvalue weighted by Gasteiger charge is 2.39. The Bertz CT molecular complexity index is 629. The molecule has 1 saturated heterocycles. The Morgan fingerprint density at radius 3 is 2.90 bits per heavy atom. The van der Waals surface area contributed by atoms with Gasteiger partial charge in [0.1, 0.15) is 23.8 Å². The lowest BCUT2D eigenvalue weighted by molar-refractivity contribution is -0.0759. The van der Waals surface area contributed by atoms with E-state index < -0.39 is 0 Å². The van der Waals surface area contributed by atoms with E-state index in [0.717, 1.165) is 43.1 Å². The van der Waals surface area contributed by atoms with Gasteiger partial charge in [-0.15, -0.1) is 0 Å². The molecule has 2 aliphatic rings. The van der Waals surface area contributed by atoms with E-state index in [1.165, 1.54) is 12.1 Å². The second kappa shape index (κ2) is 4.40. The summed E-state index contributed by atoms with van der Waals surface area (Å²) in [7, 11) is 0. The SMILES string of the molecule is Fc1ccc(-c2cnc3n2C[C@]2(CCNC2)OC3)cc1. The van der Waals surface area contributed by atoms with E-state index in [4.69, 9.17) is 4.74 Å². The number of ether oxygens (including phenoxy) is 1. The smallest absolute Gasteiger partial charge is 0.135 e. The number of aromatic nitrogens is 2. The molecular weight excluding hydrogens is 257 g/mol. The van der Waals surface area contributed by atoms with Gasteiger partial charge in [-0.3, -0.25) is 0 Å². The van der Waals surface area contributed by atoms with E-state index in [1.54, 1.807) is 12.1 Å². The van der Waals surface area contributed by atoms with Crippen molar-refractivity contribution < 1.29 is 9.13 Å². The molecule has 0 radical (unpaired) electrons. The minimum absolute atomic E-state index is 0.109. The summed E-state index contributed by atoms with van der Waals surface area (Å²) >= 11 is 0. The zero-order valence-electron chi connectivity index (χ0n) is 11.1. The second-order valence-electron chi connectivity index (χ2n) is 5.55. The minimum atomic E-state index is -0.216. The summed E-state index contributed by atoms with van der Waals surface area (Å²) in [6, 6.07) is 6.58. The van der Waals surface area contributed by atoms with Crippen LogP contribution in [0.1, 0.15) is 12.2 Å². The minimum Gasteiger partial charge on any atom is -0.364 e. The number of fused-ring (bicyclic) bond motifs is 1. The van der Waals surface area contributed by atoms with Crippen molar-refractivity contribution in [3.63, 3.8) is 0 Å². The molecule has 20 heavy (non-hydrogen) atoms. The van der Waals surface area contributed by atoms with Gasteiger partial charge in [-0.1, -0.05) is 0 Å². The summed E-state index contributed by atoms with van der Waals surface area (Å²) < 4.78 is 21.3. The average Bonchev–Trinajstić information content (AvgIpc) is 3.07. The highest BCUT2D eigenvalue weighted by atomic mass is 19.1. The zero-order chi connectivity index (χ0) is 13.6. The first-order chi connectivity index (χ1) is 9.76. The van der Waals surface area contributed by atoms with E-state index in [1.807, 2.05) is 6.20 Å². The Balaban J connectivity index is 1.73.